The van der Waals surface area contributed by atoms with E-state index < -0.39 is 8.07 Å². The summed E-state index contributed by atoms with van der Waals surface area (Å²) in [4.78, 5) is 9.25. The van der Waals surface area contributed by atoms with Crippen molar-refractivity contribution in [2.45, 2.75) is 46.3 Å². The first kappa shape index (κ1) is 19.3. The Morgan fingerprint density at radius 2 is 1.88 bits per heavy atom. The second-order valence-corrected chi connectivity index (χ2v) is 14.4. The van der Waals surface area contributed by atoms with Crippen LogP contribution in [-0.4, -0.2) is 29.2 Å². The third-order valence-corrected chi connectivity index (χ3v) is 6.51. The molecule has 0 saturated carbocycles. The molecule has 0 bridgehead atoms. The van der Waals surface area contributed by atoms with E-state index in [9.17, 15) is 0 Å². The van der Waals surface area contributed by atoms with Gasteiger partial charge < -0.3 is 9.30 Å². The van der Waals surface area contributed by atoms with E-state index in [1.165, 1.54) is 17.2 Å². The Hall–Kier alpha value is -1.50. The number of aryl methyl sites for hydroxylation is 2. The van der Waals surface area contributed by atoms with E-state index in [4.69, 9.17) is 4.74 Å². The topological polar surface area (TPSA) is 39.9 Å². The fourth-order valence-corrected chi connectivity index (χ4v) is 4.07. The second-order valence-electron chi connectivity index (χ2n) is 8.03. The van der Waals surface area contributed by atoms with E-state index in [0.717, 1.165) is 28.9 Å². The maximum atomic E-state index is 5.91. The van der Waals surface area contributed by atoms with Gasteiger partial charge in [0.05, 0.1) is 5.69 Å². The summed E-state index contributed by atoms with van der Waals surface area (Å²) in [5.74, 6) is 0. The summed E-state index contributed by atoms with van der Waals surface area (Å²) in [5.41, 5.74) is 5.47. The van der Waals surface area contributed by atoms with Crippen LogP contribution in [0.15, 0.2) is 35.2 Å². The quantitative estimate of drug-likeness (QED) is 0.281. The molecule has 0 atom stereocenters. The number of aromatic nitrogens is 3. The Balaban J connectivity index is 1.91. The van der Waals surface area contributed by atoms with E-state index in [1.54, 1.807) is 0 Å². The van der Waals surface area contributed by atoms with Gasteiger partial charge in [0.25, 0.3) is 0 Å². The summed E-state index contributed by atoms with van der Waals surface area (Å²) in [7, 11) is -1.07. The van der Waals surface area contributed by atoms with Crippen LogP contribution in [0.1, 0.15) is 11.1 Å². The number of ether oxygens (including phenoxy) is 1. The summed E-state index contributed by atoms with van der Waals surface area (Å²) in [6.07, 6.45) is 2.04. The number of hydrogen-bond donors (Lipinski definition) is 0. The van der Waals surface area contributed by atoms with Crippen molar-refractivity contribution in [3.8, 4) is 11.3 Å². The van der Waals surface area contributed by atoms with Crippen LogP contribution in [-0.2, 0) is 11.5 Å². The van der Waals surface area contributed by atoms with Gasteiger partial charge in [0, 0.05) is 31.8 Å². The Morgan fingerprint density at radius 3 is 2.58 bits per heavy atom. The van der Waals surface area contributed by atoms with Crippen molar-refractivity contribution in [1.82, 2.24) is 14.5 Å². The van der Waals surface area contributed by atoms with E-state index in [2.05, 4.69) is 88.2 Å². The van der Waals surface area contributed by atoms with Gasteiger partial charge in [0.15, 0.2) is 4.73 Å². The number of benzene rings is 1. The zero-order valence-electron chi connectivity index (χ0n) is 16.1. The van der Waals surface area contributed by atoms with Crippen molar-refractivity contribution >= 4 is 35.0 Å². The van der Waals surface area contributed by atoms with Crippen molar-refractivity contribution in [1.29, 1.82) is 0 Å². The zero-order chi connectivity index (χ0) is 18.9. The Kier molecular flexibility index (Phi) is 5.65. The van der Waals surface area contributed by atoms with E-state index in [-0.39, 0.29) is 0 Å². The van der Waals surface area contributed by atoms with E-state index in [1.807, 2.05) is 6.20 Å². The summed E-state index contributed by atoms with van der Waals surface area (Å²) in [6, 6.07) is 9.70. The molecular weight excluding hydrogens is 406 g/mol. The van der Waals surface area contributed by atoms with Crippen LogP contribution < -0.4 is 0 Å². The largest absolute Gasteiger partial charge is 0.361 e. The van der Waals surface area contributed by atoms with Crippen LogP contribution in [0.5, 0.6) is 0 Å². The predicted octanol–water partition coefficient (Wildman–Crippen LogP) is 5.79. The van der Waals surface area contributed by atoms with Crippen LogP contribution in [0.25, 0.3) is 22.3 Å². The van der Waals surface area contributed by atoms with Crippen molar-refractivity contribution < 1.29 is 4.74 Å². The van der Waals surface area contributed by atoms with Gasteiger partial charge in [-0.1, -0.05) is 43.4 Å². The van der Waals surface area contributed by atoms with Gasteiger partial charge in [-0.05, 0) is 47.5 Å². The molecule has 0 amide bonds. The SMILES string of the molecule is Cc1ccc(-c2nc(Br)nc3c2ccn3COCC[Si](C)(C)C)c(C)c1. The molecule has 0 N–H and O–H groups in total. The minimum atomic E-state index is -1.07. The van der Waals surface area contributed by atoms with Gasteiger partial charge in [-0.2, -0.15) is 0 Å². The minimum absolute atomic E-state index is 0.518. The van der Waals surface area contributed by atoms with Crippen LogP contribution in [0.4, 0.5) is 0 Å². The number of hydrogen-bond acceptors (Lipinski definition) is 3. The van der Waals surface area contributed by atoms with Crippen molar-refractivity contribution in [3.05, 3.63) is 46.3 Å². The molecule has 0 spiro atoms. The molecule has 3 rings (SSSR count). The van der Waals surface area contributed by atoms with Crippen LogP contribution in [0.2, 0.25) is 25.7 Å². The van der Waals surface area contributed by atoms with Crippen molar-refractivity contribution in [2.24, 2.45) is 0 Å². The third kappa shape index (κ3) is 4.42. The molecule has 3 aromatic rings. The number of rotatable bonds is 6. The highest BCUT2D eigenvalue weighted by atomic mass is 79.9. The van der Waals surface area contributed by atoms with Crippen LogP contribution in [0.3, 0.4) is 0 Å². The molecule has 0 saturated heterocycles. The first-order valence-corrected chi connectivity index (χ1v) is 13.4. The molecule has 0 aliphatic heterocycles. The van der Waals surface area contributed by atoms with Gasteiger partial charge in [-0.15, -0.1) is 0 Å². The highest BCUT2D eigenvalue weighted by molar-refractivity contribution is 9.10. The monoisotopic (exact) mass is 431 g/mol. The Morgan fingerprint density at radius 1 is 1.12 bits per heavy atom. The van der Waals surface area contributed by atoms with Crippen molar-refractivity contribution in [3.63, 3.8) is 0 Å². The molecule has 0 aliphatic rings. The first-order valence-electron chi connectivity index (χ1n) is 8.92. The zero-order valence-corrected chi connectivity index (χ0v) is 18.7. The molecule has 26 heavy (non-hydrogen) atoms. The van der Waals surface area contributed by atoms with E-state index >= 15 is 0 Å². The molecule has 2 heterocycles. The molecular formula is C20H26BrN3OSi. The summed E-state index contributed by atoms with van der Waals surface area (Å²) in [6.45, 7) is 12.6. The molecule has 2 aromatic heterocycles. The minimum Gasteiger partial charge on any atom is -0.361 e. The molecule has 0 unspecified atom stereocenters. The molecule has 1 aromatic carbocycles. The summed E-state index contributed by atoms with van der Waals surface area (Å²) in [5, 5.41) is 1.05. The number of halogens is 1. The fourth-order valence-electron chi connectivity index (χ4n) is 2.97. The highest BCUT2D eigenvalue weighted by Crippen LogP contribution is 2.30. The molecule has 0 radical (unpaired) electrons. The summed E-state index contributed by atoms with van der Waals surface area (Å²) < 4.78 is 8.56. The molecule has 138 valence electrons. The van der Waals surface area contributed by atoms with E-state index in [0.29, 0.717) is 11.5 Å². The van der Waals surface area contributed by atoms with Gasteiger partial charge in [0.2, 0.25) is 0 Å². The number of fused-ring (bicyclic) bond motifs is 1. The van der Waals surface area contributed by atoms with Crippen molar-refractivity contribution in [2.75, 3.05) is 6.61 Å². The predicted molar refractivity (Wildman–Crippen MR) is 114 cm³/mol. The molecule has 0 fully saturated rings. The standard InChI is InChI=1S/C20H26BrN3OSi/c1-14-6-7-16(15(2)12-14)18-17-8-9-24(19(17)23-20(21)22-18)13-25-10-11-26(3,4)5/h6-9,12H,10-11,13H2,1-5H3. The number of nitrogens with zero attached hydrogens (tertiary/aromatic N) is 3. The first-order chi connectivity index (χ1) is 12.2. The lowest BCUT2D eigenvalue weighted by molar-refractivity contribution is 0.0898. The highest BCUT2D eigenvalue weighted by Gasteiger charge is 2.15. The molecule has 6 heteroatoms. The van der Waals surface area contributed by atoms with Gasteiger partial charge >= 0.3 is 0 Å². The Bertz CT molecular complexity index is 931. The summed E-state index contributed by atoms with van der Waals surface area (Å²) >= 11 is 3.48. The van der Waals surface area contributed by atoms with Crippen LogP contribution in [0, 0.1) is 13.8 Å². The third-order valence-electron chi connectivity index (χ3n) is 4.46. The smallest absolute Gasteiger partial charge is 0.199 e. The molecule has 0 aliphatic carbocycles. The lowest BCUT2D eigenvalue weighted by atomic mass is 10.0. The lowest BCUT2D eigenvalue weighted by Crippen LogP contribution is -2.22. The van der Waals surface area contributed by atoms with Gasteiger partial charge in [-0.25, -0.2) is 9.97 Å². The lowest BCUT2D eigenvalue weighted by Gasteiger charge is -2.15. The molecule has 4 nitrogen and oxygen atoms in total. The van der Waals surface area contributed by atoms with Gasteiger partial charge in [0.1, 0.15) is 12.4 Å². The van der Waals surface area contributed by atoms with Crippen LogP contribution >= 0.6 is 15.9 Å². The average Bonchev–Trinajstić information content (AvgIpc) is 2.93. The van der Waals surface area contributed by atoms with Gasteiger partial charge in [-0.3, -0.25) is 0 Å². The maximum Gasteiger partial charge on any atom is 0.199 e. The Labute approximate surface area is 164 Å². The normalized spacial score (nSPS) is 12.1. The average molecular weight is 432 g/mol. The fraction of sp³-hybridized carbons (Fsp3) is 0.400. The second kappa shape index (κ2) is 7.62. The maximum absolute atomic E-state index is 5.91.